The van der Waals surface area contributed by atoms with Crippen LogP contribution in [0.5, 0.6) is 0 Å². The molecule has 0 N–H and O–H groups in total. The topological polar surface area (TPSA) is 68.3 Å². The van der Waals surface area contributed by atoms with Crippen LogP contribution < -0.4 is 0 Å². The molecule has 78 heavy (non-hydrogen) atoms. The van der Waals surface area contributed by atoms with Crippen molar-refractivity contribution in [3.8, 4) is 47.4 Å². The van der Waals surface area contributed by atoms with E-state index in [1.807, 2.05) is 158 Å². The number of fused-ring (bicyclic) bond motifs is 2. The number of rotatable bonds is 8. The largest absolute Gasteiger partial charge is 0.289 e. The maximum absolute atomic E-state index is 13.3. The first-order chi connectivity index (χ1) is 38.3. The molecule has 0 fully saturated rings. The van der Waals surface area contributed by atoms with Crippen molar-refractivity contribution >= 4 is 44.7 Å². The Balaban J connectivity index is 1.02. The van der Waals surface area contributed by atoms with Crippen molar-refractivity contribution in [2.75, 3.05) is 0 Å². The van der Waals surface area contributed by atoms with Gasteiger partial charge in [-0.25, -0.2) is 0 Å². The fourth-order valence-corrected chi connectivity index (χ4v) is 9.06. The van der Waals surface area contributed by atoms with Crippen LogP contribution in [0.1, 0.15) is 108 Å². The van der Waals surface area contributed by atoms with Gasteiger partial charge in [0.2, 0.25) is 0 Å². The molecule has 0 aliphatic carbocycles. The lowest BCUT2D eigenvalue weighted by molar-refractivity contribution is 0.103. The van der Waals surface area contributed by atoms with E-state index < -0.39 is 0 Å². The van der Waals surface area contributed by atoms with Crippen molar-refractivity contribution in [1.29, 1.82) is 0 Å². The Morgan fingerprint density at radius 1 is 0.192 bits per heavy atom. The molecule has 0 spiro atoms. The van der Waals surface area contributed by atoms with Gasteiger partial charge in [0, 0.05) is 99.8 Å². The predicted octanol–water partition coefficient (Wildman–Crippen LogP) is 14.5. The van der Waals surface area contributed by atoms with Crippen LogP contribution in [-0.2, 0) is 0 Å². The second-order valence-corrected chi connectivity index (χ2v) is 18.4. The van der Waals surface area contributed by atoms with E-state index in [0.717, 1.165) is 66.1 Å². The first kappa shape index (κ1) is 49.1. The minimum atomic E-state index is -0.0697. The van der Waals surface area contributed by atoms with Gasteiger partial charge < -0.3 is 0 Å². The zero-order chi connectivity index (χ0) is 53.2. The second-order valence-electron chi connectivity index (χ2n) is 18.4. The highest BCUT2D eigenvalue weighted by atomic mass is 16.1. The van der Waals surface area contributed by atoms with Crippen LogP contribution in [0.4, 0.5) is 0 Å². The lowest BCUT2D eigenvalue weighted by Crippen LogP contribution is -2.00. The molecule has 0 amide bonds. The van der Waals surface area contributed by atoms with E-state index in [1.165, 1.54) is 0 Å². The van der Waals surface area contributed by atoms with Gasteiger partial charge in [-0.15, -0.1) is 0 Å². The molecular formula is C74H42O4. The third-order valence-electron chi connectivity index (χ3n) is 13.2. The van der Waals surface area contributed by atoms with Crippen molar-refractivity contribution in [3.63, 3.8) is 0 Å². The standard InChI is InChI=1S/C74H42O4/c75-71(57-13-5-1-6-14-57)61-37-25-51(26-38-61)21-23-55-35-47-67-66(46-34-54-31-43-64(44-32-54)74(78)60-19-11-4-12-20-60)70-50-56(24-22-52-27-39-62(40-28-52)72(76)58-15-7-2-8-16-58)36-48-68(70)65(69(67)49-55)45-33-53-29-41-63(42-30-53)73(77)59-17-9-3-10-18-59/h1-20,25-32,35-44,47-50H. The molecule has 0 radical (unpaired) electrons. The van der Waals surface area contributed by atoms with Gasteiger partial charge in [-0.3, -0.25) is 19.2 Å². The van der Waals surface area contributed by atoms with Crippen LogP contribution >= 0.6 is 0 Å². The summed E-state index contributed by atoms with van der Waals surface area (Å²) in [4.78, 5) is 52.9. The minimum Gasteiger partial charge on any atom is -0.289 e. The first-order valence-electron chi connectivity index (χ1n) is 25.2. The highest BCUT2D eigenvalue weighted by Crippen LogP contribution is 2.34. The van der Waals surface area contributed by atoms with Gasteiger partial charge in [0.25, 0.3) is 0 Å². The van der Waals surface area contributed by atoms with E-state index in [-0.39, 0.29) is 23.1 Å². The number of carbonyl (C=O) groups is 4. The molecular weight excluding hydrogens is 953 g/mol. The number of ketones is 4. The summed E-state index contributed by atoms with van der Waals surface area (Å²) in [5.41, 5.74) is 10.7. The molecule has 362 valence electrons. The maximum Gasteiger partial charge on any atom is 0.193 e. The Morgan fingerprint density at radius 2 is 0.397 bits per heavy atom. The van der Waals surface area contributed by atoms with Gasteiger partial charge in [0.1, 0.15) is 0 Å². The molecule has 0 aliphatic heterocycles. The monoisotopic (exact) mass is 994 g/mol. The van der Waals surface area contributed by atoms with Crippen molar-refractivity contribution < 1.29 is 19.2 Å². The van der Waals surface area contributed by atoms with Crippen molar-refractivity contribution in [1.82, 2.24) is 0 Å². The Kier molecular flexibility index (Phi) is 14.2. The zero-order valence-corrected chi connectivity index (χ0v) is 41.9. The van der Waals surface area contributed by atoms with Gasteiger partial charge in [0.15, 0.2) is 23.1 Å². The van der Waals surface area contributed by atoms with E-state index in [9.17, 15) is 19.2 Å². The molecule has 4 heteroatoms. The average molecular weight is 995 g/mol. The Labute approximate surface area is 452 Å². The van der Waals surface area contributed by atoms with E-state index in [1.54, 1.807) is 97.1 Å². The number of hydrogen-bond acceptors (Lipinski definition) is 4. The summed E-state index contributed by atoms with van der Waals surface area (Å²) < 4.78 is 0. The normalized spacial score (nSPS) is 10.4. The number of hydrogen-bond donors (Lipinski definition) is 0. The summed E-state index contributed by atoms with van der Waals surface area (Å²) in [7, 11) is 0. The summed E-state index contributed by atoms with van der Waals surface area (Å²) >= 11 is 0. The first-order valence-corrected chi connectivity index (χ1v) is 25.2. The maximum atomic E-state index is 13.3. The SMILES string of the molecule is O=C(c1ccccc1)c1ccc(C#Cc2ccc3c(C#Cc4ccc(C(=O)c5ccccc5)cc4)c4cc(C#Cc5ccc(C(=O)c6ccccc6)cc5)ccc4c(C#Cc4ccc(C(=O)c5ccccc5)cc4)c3c2)cc1. The summed E-state index contributed by atoms with van der Waals surface area (Å²) in [5, 5.41) is 3.35. The zero-order valence-electron chi connectivity index (χ0n) is 41.9. The Morgan fingerprint density at radius 3 is 0.654 bits per heavy atom. The highest BCUT2D eigenvalue weighted by Gasteiger charge is 2.16. The third kappa shape index (κ3) is 11.0. The Bertz CT molecular complexity index is 4090. The van der Waals surface area contributed by atoms with Crippen molar-refractivity contribution in [2.45, 2.75) is 0 Å². The summed E-state index contributed by atoms with van der Waals surface area (Å²) in [5.74, 6) is 26.9. The number of carbonyl (C=O) groups excluding carboxylic acids is 4. The summed E-state index contributed by atoms with van der Waals surface area (Å²) in [6.45, 7) is 0. The molecule has 0 saturated heterocycles. The third-order valence-corrected chi connectivity index (χ3v) is 13.2. The van der Waals surface area contributed by atoms with Crippen LogP contribution in [0.3, 0.4) is 0 Å². The van der Waals surface area contributed by atoms with Gasteiger partial charge in [-0.2, -0.15) is 0 Å². The fourth-order valence-electron chi connectivity index (χ4n) is 9.06. The van der Waals surface area contributed by atoms with Crippen LogP contribution in [-0.4, -0.2) is 23.1 Å². The molecule has 4 nitrogen and oxygen atoms in total. The van der Waals surface area contributed by atoms with Crippen LogP contribution in [0, 0.1) is 47.4 Å². The van der Waals surface area contributed by atoms with Gasteiger partial charge >= 0.3 is 0 Å². The lowest BCUT2D eigenvalue weighted by Gasteiger charge is -2.12. The molecule has 0 unspecified atom stereocenters. The van der Waals surface area contributed by atoms with E-state index in [0.29, 0.717) is 44.5 Å². The quantitative estimate of drug-likeness (QED) is 0.0864. The minimum absolute atomic E-state index is 0.0569. The average Bonchev–Trinajstić information content (AvgIpc) is 3.51. The van der Waals surface area contributed by atoms with Gasteiger partial charge in [-0.1, -0.05) is 181 Å². The summed E-state index contributed by atoms with van der Waals surface area (Å²) in [6, 6.07) is 78.1. The van der Waals surface area contributed by atoms with Crippen LogP contribution in [0.15, 0.2) is 255 Å². The molecule has 11 aromatic carbocycles. The lowest BCUT2D eigenvalue weighted by atomic mass is 9.89. The van der Waals surface area contributed by atoms with Crippen molar-refractivity contribution in [2.24, 2.45) is 0 Å². The molecule has 0 heterocycles. The fraction of sp³-hybridized carbons (Fsp3) is 0. The van der Waals surface area contributed by atoms with Crippen molar-refractivity contribution in [3.05, 3.63) is 344 Å². The van der Waals surface area contributed by atoms with E-state index in [2.05, 4.69) is 47.4 Å². The van der Waals surface area contributed by atoms with Crippen LogP contribution in [0.25, 0.3) is 21.5 Å². The van der Waals surface area contributed by atoms with E-state index >= 15 is 0 Å². The molecule has 0 aromatic heterocycles. The molecule has 11 rings (SSSR count). The molecule has 0 atom stereocenters. The van der Waals surface area contributed by atoms with Gasteiger partial charge in [0.05, 0.1) is 0 Å². The smallest absolute Gasteiger partial charge is 0.193 e. The Hall–Kier alpha value is -11.1. The summed E-state index contributed by atoms with van der Waals surface area (Å²) in [6.07, 6.45) is 0. The van der Waals surface area contributed by atoms with Crippen LogP contribution in [0.2, 0.25) is 0 Å². The van der Waals surface area contributed by atoms with E-state index in [4.69, 9.17) is 0 Å². The molecule has 0 aliphatic rings. The molecule has 11 aromatic rings. The van der Waals surface area contributed by atoms with Gasteiger partial charge in [-0.05, 0) is 132 Å². The molecule has 0 saturated carbocycles. The molecule has 0 bridgehead atoms. The number of benzene rings is 11. The highest BCUT2D eigenvalue weighted by molar-refractivity contribution is 6.12. The predicted molar refractivity (Wildman–Crippen MR) is 311 cm³/mol. The second kappa shape index (κ2) is 22.5.